The molecule has 0 atom stereocenters. The molecule has 5 nitrogen and oxygen atoms in total. The summed E-state index contributed by atoms with van der Waals surface area (Å²) in [6.45, 7) is 5.59. The van der Waals surface area contributed by atoms with Crippen LogP contribution in [0.25, 0.3) is 0 Å². The van der Waals surface area contributed by atoms with Gasteiger partial charge in [-0.25, -0.2) is 13.8 Å². The summed E-state index contributed by atoms with van der Waals surface area (Å²) < 4.78 is 26.7. The fraction of sp³-hybridized carbons (Fsp3) is 0.500. The van der Waals surface area contributed by atoms with Gasteiger partial charge >= 0.3 is 0 Å². The number of rotatable bonds is 8. The molecule has 1 aromatic carbocycles. The van der Waals surface area contributed by atoms with Crippen molar-refractivity contribution in [1.29, 1.82) is 0 Å². The average molecular weight is 326 g/mol. The average Bonchev–Trinajstić information content (AvgIpc) is 2.53. The number of aliphatic imine (C=N–C) groups is 1. The maximum atomic E-state index is 13.6. The fourth-order valence-electron chi connectivity index (χ4n) is 1.82. The zero-order valence-corrected chi connectivity index (χ0v) is 13.6. The van der Waals surface area contributed by atoms with E-state index in [-0.39, 0.29) is 18.0 Å². The molecule has 0 aromatic heterocycles. The number of guanidine groups is 1. The zero-order chi connectivity index (χ0) is 17.1. The van der Waals surface area contributed by atoms with E-state index in [0.29, 0.717) is 32.0 Å². The van der Waals surface area contributed by atoms with E-state index in [0.717, 1.165) is 24.6 Å². The smallest absolute Gasteiger partial charge is 0.221 e. The van der Waals surface area contributed by atoms with Crippen LogP contribution in [0, 0.1) is 11.6 Å². The van der Waals surface area contributed by atoms with Crippen LogP contribution in [0.15, 0.2) is 23.2 Å². The van der Waals surface area contributed by atoms with Crippen molar-refractivity contribution >= 4 is 11.9 Å². The molecule has 0 bridgehead atoms. The highest BCUT2D eigenvalue weighted by atomic mass is 19.1. The standard InChI is InChI=1S/C16H24F2N4O/c1-3-8-20-15(23)7-9-21-16(19-4-2)22-11-12-10-13(17)5-6-14(12)18/h5-6,10H,3-4,7-9,11H2,1-2H3,(H,20,23)(H2,19,21,22). The first-order valence-electron chi connectivity index (χ1n) is 7.79. The summed E-state index contributed by atoms with van der Waals surface area (Å²) in [6.07, 6.45) is 1.21. The SMILES string of the molecule is CCCNC(=O)CCNC(=NCc1cc(F)ccc1F)NCC. The van der Waals surface area contributed by atoms with Crippen LogP contribution < -0.4 is 16.0 Å². The normalized spacial score (nSPS) is 11.2. The lowest BCUT2D eigenvalue weighted by molar-refractivity contribution is -0.120. The van der Waals surface area contributed by atoms with Gasteiger partial charge in [-0.2, -0.15) is 0 Å². The van der Waals surface area contributed by atoms with E-state index >= 15 is 0 Å². The molecule has 0 spiro atoms. The van der Waals surface area contributed by atoms with Crippen LogP contribution >= 0.6 is 0 Å². The molecule has 128 valence electrons. The van der Waals surface area contributed by atoms with E-state index in [2.05, 4.69) is 20.9 Å². The maximum absolute atomic E-state index is 13.6. The summed E-state index contributed by atoms with van der Waals surface area (Å²) in [4.78, 5) is 15.7. The molecular weight excluding hydrogens is 302 g/mol. The largest absolute Gasteiger partial charge is 0.357 e. The van der Waals surface area contributed by atoms with E-state index in [1.54, 1.807) is 0 Å². The number of hydrogen-bond acceptors (Lipinski definition) is 2. The molecule has 7 heteroatoms. The van der Waals surface area contributed by atoms with Crippen molar-refractivity contribution in [3.8, 4) is 0 Å². The van der Waals surface area contributed by atoms with Crippen molar-refractivity contribution < 1.29 is 13.6 Å². The summed E-state index contributed by atoms with van der Waals surface area (Å²) in [5.74, 6) is -0.571. The Kier molecular flexibility index (Phi) is 8.64. The quantitative estimate of drug-likeness (QED) is 0.505. The van der Waals surface area contributed by atoms with Crippen molar-refractivity contribution in [2.45, 2.75) is 33.2 Å². The first-order valence-corrected chi connectivity index (χ1v) is 7.79. The maximum Gasteiger partial charge on any atom is 0.221 e. The van der Waals surface area contributed by atoms with E-state index in [1.807, 2.05) is 13.8 Å². The van der Waals surface area contributed by atoms with Gasteiger partial charge in [-0.15, -0.1) is 0 Å². The van der Waals surface area contributed by atoms with Crippen molar-refractivity contribution in [2.24, 2.45) is 4.99 Å². The lowest BCUT2D eigenvalue weighted by atomic mass is 10.2. The van der Waals surface area contributed by atoms with E-state index in [4.69, 9.17) is 0 Å². The van der Waals surface area contributed by atoms with E-state index in [1.165, 1.54) is 0 Å². The summed E-state index contributed by atoms with van der Waals surface area (Å²) in [7, 11) is 0. The number of hydrogen-bond donors (Lipinski definition) is 3. The van der Waals surface area contributed by atoms with Crippen LogP contribution in [-0.2, 0) is 11.3 Å². The van der Waals surface area contributed by atoms with Gasteiger partial charge in [-0.05, 0) is 31.5 Å². The highest BCUT2D eigenvalue weighted by molar-refractivity contribution is 5.81. The molecule has 1 amide bonds. The molecule has 1 aromatic rings. The van der Waals surface area contributed by atoms with Gasteiger partial charge in [-0.3, -0.25) is 4.79 Å². The molecule has 0 unspecified atom stereocenters. The Labute approximate surface area is 135 Å². The number of nitrogens with zero attached hydrogens (tertiary/aromatic N) is 1. The predicted octanol–water partition coefficient (Wildman–Crippen LogP) is 1.94. The first-order chi connectivity index (χ1) is 11.1. The molecule has 0 radical (unpaired) electrons. The minimum atomic E-state index is -0.498. The molecule has 3 N–H and O–H groups in total. The Morgan fingerprint density at radius 3 is 2.61 bits per heavy atom. The molecule has 0 fully saturated rings. The van der Waals surface area contributed by atoms with Crippen LogP contribution in [0.2, 0.25) is 0 Å². The Morgan fingerprint density at radius 1 is 1.13 bits per heavy atom. The molecule has 0 aliphatic heterocycles. The number of benzene rings is 1. The van der Waals surface area contributed by atoms with Crippen molar-refractivity contribution in [3.63, 3.8) is 0 Å². The number of halogens is 2. The summed E-state index contributed by atoms with van der Waals surface area (Å²) in [6, 6.07) is 3.28. The minimum absolute atomic E-state index is 0.0148. The third-order valence-electron chi connectivity index (χ3n) is 2.98. The van der Waals surface area contributed by atoms with Crippen LogP contribution in [0.4, 0.5) is 8.78 Å². The van der Waals surface area contributed by atoms with Gasteiger partial charge in [0, 0.05) is 31.6 Å². The Balaban J connectivity index is 2.53. The van der Waals surface area contributed by atoms with E-state index < -0.39 is 11.6 Å². The Bertz CT molecular complexity index is 535. The van der Waals surface area contributed by atoms with Gasteiger partial charge < -0.3 is 16.0 Å². The van der Waals surface area contributed by atoms with Gasteiger partial charge in [0.1, 0.15) is 11.6 Å². The van der Waals surface area contributed by atoms with Gasteiger partial charge in [0.2, 0.25) is 5.91 Å². The lowest BCUT2D eigenvalue weighted by Crippen LogP contribution is -2.39. The number of carbonyl (C=O) groups is 1. The fourth-order valence-corrected chi connectivity index (χ4v) is 1.82. The Hall–Kier alpha value is -2.18. The monoisotopic (exact) mass is 326 g/mol. The zero-order valence-electron chi connectivity index (χ0n) is 13.6. The third kappa shape index (κ3) is 7.58. The number of carbonyl (C=O) groups excluding carboxylic acids is 1. The second-order valence-corrected chi connectivity index (χ2v) is 4.96. The number of amides is 1. The molecule has 1 rings (SSSR count). The van der Waals surface area contributed by atoms with Gasteiger partial charge in [0.15, 0.2) is 5.96 Å². The molecule has 0 saturated heterocycles. The van der Waals surface area contributed by atoms with E-state index in [9.17, 15) is 13.6 Å². The molecule has 0 heterocycles. The summed E-state index contributed by atoms with van der Waals surface area (Å²) in [5, 5.41) is 8.77. The molecule has 0 aliphatic carbocycles. The molecule has 0 aliphatic rings. The van der Waals surface area contributed by atoms with Crippen LogP contribution in [0.3, 0.4) is 0 Å². The van der Waals surface area contributed by atoms with Crippen molar-refractivity contribution in [1.82, 2.24) is 16.0 Å². The predicted molar refractivity (Wildman–Crippen MR) is 87.1 cm³/mol. The van der Waals surface area contributed by atoms with Gasteiger partial charge in [-0.1, -0.05) is 6.92 Å². The van der Waals surface area contributed by atoms with Gasteiger partial charge in [0.25, 0.3) is 0 Å². The molecular formula is C16H24F2N4O. The van der Waals surface area contributed by atoms with Crippen molar-refractivity contribution in [2.75, 3.05) is 19.6 Å². The second-order valence-electron chi connectivity index (χ2n) is 4.96. The van der Waals surface area contributed by atoms with Crippen LogP contribution in [-0.4, -0.2) is 31.5 Å². The van der Waals surface area contributed by atoms with Gasteiger partial charge in [0.05, 0.1) is 6.54 Å². The van der Waals surface area contributed by atoms with Crippen LogP contribution in [0.1, 0.15) is 32.3 Å². The topological polar surface area (TPSA) is 65.5 Å². The molecule has 0 saturated carbocycles. The summed E-state index contributed by atoms with van der Waals surface area (Å²) in [5.41, 5.74) is 0.183. The Morgan fingerprint density at radius 2 is 1.91 bits per heavy atom. The minimum Gasteiger partial charge on any atom is -0.357 e. The van der Waals surface area contributed by atoms with Crippen LogP contribution in [0.5, 0.6) is 0 Å². The highest BCUT2D eigenvalue weighted by Gasteiger charge is 2.05. The third-order valence-corrected chi connectivity index (χ3v) is 2.98. The lowest BCUT2D eigenvalue weighted by Gasteiger charge is -2.11. The second kappa shape index (κ2) is 10.5. The summed E-state index contributed by atoms with van der Waals surface area (Å²) >= 11 is 0. The highest BCUT2D eigenvalue weighted by Crippen LogP contribution is 2.10. The number of nitrogens with one attached hydrogen (secondary N) is 3. The first kappa shape index (κ1) is 18.9. The molecule has 23 heavy (non-hydrogen) atoms. The van der Waals surface area contributed by atoms with Crippen molar-refractivity contribution in [3.05, 3.63) is 35.4 Å².